The average molecular weight is 260 g/mol. The van der Waals surface area contributed by atoms with Crippen LogP contribution in [-0.2, 0) is 0 Å². The number of nitrogens with zero attached hydrogens (tertiary/aromatic N) is 3. The molecule has 0 amide bonds. The Bertz CT molecular complexity index is 588. The lowest BCUT2D eigenvalue weighted by Crippen LogP contribution is -2.19. The summed E-state index contributed by atoms with van der Waals surface area (Å²) in [6.07, 6.45) is 5.39. The van der Waals surface area contributed by atoms with Crippen LogP contribution in [0.1, 0.15) is 33.1 Å². The highest BCUT2D eigenvalue weighted by molar-refractivity contribution is 5.87. The lowest BCUT2D eigenvalue weighted by Gasteiger charge is -2.18. The Morgan fingerprint density at radius 1 is 1.37 bits per heavy atom. The molecular formula is C13H20N6. The van der Waals surface area contributed by atoms with Gasteiger partial charge in [-0.3, -0.25) is 5.10 Å². The fraction of sp³-hybridized carbons (Fsp3) is 0.615. The molecular weight excluding hydrogens is 240 g/mol. The van der Waals surface area contributed by atoms with Gasteiger partial charge in [0.05, 0.1) is 11.6 Å². The molecule has 3 N–H and O–H groups in total. The first-order valence-electron chi connectivity index (χ1n) is 6.73. The fourth-order valence-electron chi connectivity index (χ4n) is 2.81. The van der Waals surface area contributed by atoms with Gasteiger partial charge in [0.15, 0.2) is 5.65 Å². The zero-order chi connectivity index (χ0) is 13.5. The first-order chi connectivity index (χ1) is 9.07. The molecule has 1 saturated carbocycles. The van der Waals surface area contributed by atoms with Crippen LogP contribution in [0, 0.1) is 5.41 Å². The Kier molecular flexibility index (Phi) is 2.80. The minimum atomic E-state index is 0.423. The summed E-state index contributed by atoms with van der Waals surface area (Å²) in [6, 6.07) is 0.479. The molecule has 0 aliphatic heterocycles. The van der Waals surface area contributed by atoms with Crippen LogP contribution in [0.25, 0.3) is 11.0 Å². The van der Waals surface area contributed by atoms with Crippen molar-refractivity contribution in [3.8, 4) is 0 Å². The minimum absolute atomic E-state index is 0.423. The van der Waals surface area contributed by atoms with Gasteiger partial charge in [-0.25, -0.2) is 0 Å². The van der Waals surface area contributed by atoms with Crippen LogP contribution < -0.4 is 10.6 Å². The Hall–Kier alpha value is -1.85. The number of aromatic nitrogens is 4. The first-order valence-corrected chi connectivity index (χ1v) is 6.73. The van der Waals surface area contributed by atoms with E-state index in [9.17, 15) is 0 Å². The van der Waals surface area contributed by atoms with E-state index in [-0.39, 0.29) is 0 Å². The van der Waals surface area contributed by atoms with Gasteiger partial charge in [-0.2, -0.15) is 15.1 Å². The molecule has 1 aliphatic carbocycles. The number of nitrogens with one attached hydrogen (secondary N) is 3. The molecule has 6 nitrogen and oxygen atoms in total. The quantitative estimate of drug-likeness (QED) is 0.789. The van der Waals surface area contributed by atoms with Crippen molar-refractivity contribution in [2.75, 3.05) is 17.7 Å². The van der Waals surface area contributed by atoms with Crippen LogP contribution >= 0.6 is 0 Å². The number of anilines is 2. The fourth-order valence-corrected chi connectivity index (χ4v) is 2.81. The van der Waals surface area contributed by atoms with Crippen molar-refractivity contribution >= 4 is 22.8 Å². The number of rotatable bonds is 3. The maximum absolute atomic E-state index is 4.51. The van der Waals surface area contributed by atoms with Gasteiger partial charge >= 0.3 is 0 Å². The molecule has 0 spiro atoms. The summed E-state index contributed by atoms with van der Waals surface area (Å²) < 4.78 is 0. The largest absolute Gasteiger partial charge is 0.367 e. The van der Waals surface area contributed by atoms with Gasteiger partial charge in [0.1, 0.15) is 5.82 Å². The van der Waals surface area contributed by atoms with Gasteiger partial charge in [-0.05, 0) is 24.7 Å². The maximum Gasteiger partial charge on any atom is 0.226 e. The molecule has 2 heterocycles. The van der Waals surface area contributed by atoms with E-state index in [2.05, 4.69) is 44.6 Å². The third-order valence-electron chi connectivity index (χ3n) is 3.84. The summed E-state index contributed by atoms with van der Waals surface area (Å²) in [5.74, 6) is 1.47. The van der Waals surface area contributed by atoms with Crippen LogP contribution in [-0.4, -0.2) is 33.3 Å². The number of hydrogen-bond acceptors (Lipinski definition) is 5. The summed E-state index contributed by atoms with van der Waals surface area (Å²) in [5.41, 5.74) is 1.19. The summed E-state index contributed by atoms with van der Waals surface area (Å²) in [7, 11) is 1.82. The first kappa shape index (κ1) is 12.2. The van der Waals surface area contributed by atoms with Crippen molar-refractivity contribution in [1.82, 2.24) is 20.2 Å². The van der Waals surface area contributed by atoms with Crippen LogP contribution in [0.4, 0.5) is 11.8 Å². The second kappa shape index (κ2) is 4.36. The van der Waals surface area contributed by atoms with Crippen molar-refractivity contribution < 1.29 is 0 Å². The molecule has 0 aromatic carbocycles. The van der Waals surface area contributed by atoms with Crippen molar-refractivity contribution in [2.24, 2.45) is 5.41 Å². The van der Waals surface area contributed by atoms with E-state index < -0.39 is 0 Å². The van der Waals surface area contributed by atoms with Crippen LogP contribution in [0.2, 0.25) is 0 Å². The highest BCUT2D eigenvalue weighted by Crippen LogP contribution is 2.38. The van der Waals surface area contributed by atoms with Crippen LogP contribution in [0.15, 0.2) is 6.20 Å². The second-order valence-corrected chi connectivity index (χ2v) is 6.03. The summed E-state index contributed by atoms with van der Waals surface area (Å²) in [5, 5.41) is 14.4. The van der Waals surface area contributed by atoms with E-state index in [1.54, 1.807) is 6.20 Å². The third kappa shape index (κ3) is 2.34. The standard InChI is InChI=1S/C13H20N6/c1-13(2)5-4-8(6-13)16-10-9-7-15-19-11(9)18-12(14-3)17-10/h7-8H,4-6H2,1-3H3,(H3,14,15,16,17,18,19). The highest BCUT2D eigenvalue weighted by Gasteiger charge is 2.31. The second-order valence-electron chi connectivity index (χ2n) is 6.03. The Labute approximate surface area is 112 Å². The van der Waals surface area contributed by atoms with Gasteiger partial charge in [0.2, 0.25) is 5.95 Å². The van der Waals surface area contributed by atoms with Gasteiger partial charge in [-0.15, -0.1) is 0 Å². The van der Waals surface area contributed by atoms with E-state index in [0.717, 1.165) is 16.9 Å². The van der Waals surface area contributed by atoms with Crippen molar-refractivity contribution in [1.29, 1.82) is 0 Å². The monoisotopic (exact) mass is 260 g/mol. The smallest absolute Gasteiger partial charge is 0.226 e. The molecule has 3 rings (SSSR count). The molecule has 2 aromatic rings. The third-order valence-corrected chi connectivity index (χ3v) is 3.84. The topological polar surface area (TPSA) is 78.5 Å². The number of hydrogen-bond donors (Lipinski definition) is 3. The number of H-pyrrole nitrogens is 1. The van der Waals surface area contributed by atoms with Crippen LogP contribution in [0.3, 0.4) is 0 Å². The predicted molar refractivity (Wildman–Crippen MR) is 76.3 cm³/mol. The van der Waals surface area contributed by atoms with E-state index in [4.69, 9.17) is 0 Å². The molecule has 1 unspecified atom stereocenters. The van der Waals surface area contributed by atoms with Gasteiger partial charge < -0.3 is 10.6 Å². The molecule has 1 fully saturated rings. The molecule has 6 heteroatoms. The molecule has 0 saturated heterocycles. The Morgan fingerprint density at radius 2 is 2.21 bits per heavy atom. The molecule has 19 heavy (non-hydrogen) atoms. The van der Waals surface area contributed by atoms with Crippen molar-refractivity contribution in [3.05, 3.63) is 6.20 Å². The normalized spacial score (nSPS) is 21.7. The highest BCUT2D eigenvalue weighted by atomic mass is 15.2. The number of aromatic amines is 1. The lowest BCUT2D eigenvalue weighted by atomic mass is 9.92. The van der Waals surface area contributed by atoms with E-state index in [1.165, 1.54) is 19.3 Å². The zero-order valence-corrected chi connectivity index (χ0v) is 11.6. The Morgan fingerprint density at radius 3 is 2.89 bits per heavy atom. The zero-order valence-electron chi connectivity index (χ0n) is 11.6. The maximum atomic E-state index is 4.51. The van der Waals surface area contributed by atoms with E-state index >= 15 is 0 Å². The van der Waals surface area contributed by atoms with Crippen molar-refractivity contribution in [3.63, 3.8) is 0 Å². The number of fused-ring (bicyclic) bond motifs is 1. The van der Waals surface area contributed by atoms with Gasteiger partial charge in [0.25, 0.3) is 0 Å². The molecule has 102 valence electrons. The molecule has 0 radical (unpaired) electrons. The van der Waals surface area contributed by atoms with Gasteiger partial charge in [0, 0.05) is 13.1 Å². The average Bonchev–Trinajstić information content (AvgIpc) is 2.95. The summed E-state index contributed by atoms with van der Waals surface area (Å²) >= 11 is 0. The summed E-state index contributed by atoms with van der Waals surface area (Å²) in [6.45, 7) is 4.64. The molecule has 1 aliphatic rings. The van der Waals surface area contributed by atoms with Crippen LogP contribution in [0.5, 0.6) is 0 Å². The summed E-state index contributed by atoms with van der Waals surface area (Å²) in [4.78, 5) is 8.85. The van der Waals surface area contributed by atoms with E-state index in [1.807, 2.05) is 7.05 Å². The molecule has 2 aromatic heterocycles. The van der Waals surface area contributed by atoms with E-state index in [0.29, 0.717) is 17.4 Å². The lowest BCUT2D eigenvalue weighted by molar-refractivity contribution is 0.378. The predicted octanol–water partition coefficient (Wildman–Crippen LogP) is 2.39. The molecule has 0 bridgehead atoms. The van der Waals surface area contributed by atoms with Gasteiger partial charge in [-0.1, -0.05) is 13.8 Å². The SMILES string of the molecule is CNc1nc(NC2CCC(C)(C)C2)c2cn[nH]c2n1. The van der Waals surface area contributed by atoms with Crippen molar-refractivity contribution in [2.45, 2.75) is 39.2 Å². The minimum Gasteiger partial charge on any atom is -0.367 e. The molecule has 1 atom stereocenters. The Balaban J connectivity index is 1.89.